The van der Waals surface area contributed by atoms with E-state index in [0.29, 0.717) is 52.9 Å². The second-order valence-corrected chi connectivity index (χ2v) is 10.8. The monoisotopic (exact) mass is 525 g/mol. The molecule has 0 saturated heterocycles. The minimum Gasteiger partial charge on any atom is -0.490 e. The maximum atomic E-state index is 15.3. The molecule has 2 aromatic heterocycles. The molecule has 1 aromatic carbocycles. The van der Waals surface area contributed by atoms with Gasteiger partial charge in [0.2, 0.25) is 0 Å². The molecule has 1 aliphatic heterocycles. The van der Waals surface area contributed by atoms with Crippen LogP contribution in [0.2, 0.25) is 0 Å². The zero-order valence-electron chi connectivity index (χ0n) is 22.6. The molecule has 2 aliphatic carbocycles. The Hall–Kier alpha value is -4.00. The van der Waals surface area contributed by atoms with E-state index >= 15 is 4.39 Å². The summed E-state index contributed by atoms with van der Waals surface area (Å²) < 4.78 is 22.7. The molecule has 0 saturated carbocycles. The van der Waals surface area contributed by atoms with Crippen LogP contribution < -0.4 is 4.74 Å². The molecule has 3 aromatic rings. The number of carboxylic acids is 1. The number of nitrogens with zero attached hydrogens (tertiary/aromatic N) is 3. The van der Waals surface area contributed by atoms with Gasteiger partial charge in [0, 0.05) is 28.5 Å². The first-order chi connectivity index (χ1) is 18.8. The summed E-state index contributed by atoms with van der Waals surface area (Å²) in [6, 6.07) is 3.42. The second kappa shape index (κ2) is 9.95. The Morgan fingerprint density at radius 2 is 2.05 bits per heavy atom. The van der Waals surface area contributed by atoms with Crippen molar-refractivity contribution in [3.05, 3.63) is 87.6 Å². The summed E-state index contributed by atoms with van der Waals surface area (Å²) in [5.74, 6) is -0.553. The minimum absolute atomic E-state index is 0.234. The van der Waals surface area contributed by atoms with Crippen LogP contribution in [0.25, 0.3) is 22.5 Å². The van der Waals surface area contributed by atoms with Gasteiger partial charge < -0.3 is 9.84 Å². The van der Waals surface area contributed by atoms with Gasteiger partial charge in [-0.3, -0.25) is 4.79 Å². The Morgan fingerprint density at radius 3 is 2.82 bits per heavy atom. The molecule has 1 atom stereocenters. The van der Waals surface area contributed by atoms with Crippen LogP contribution in [0.15, 0.2) is 53.7 Å². The Morgan fingerprint density at radius 1 is 1.21 bits per heavy atom. The van der Waals surface area contributed by atoms with Crippen LogP contribution in [-0.4, -0.2) is 32.3 Å². The number of ether oxygens (including phenoxy) is 1. The van der Waals surface area contributed by atoms with Crippen molar-refractivity contribution < 1.29 is 19.0 Å². The third kappa shape index (κ3) is 4.60. The van der Waals surface area contributed by atoms with E-state index in [4.69, 9.17) is 14.8 Å². The van der Waals surface area contributed by atoms with Crippen molar-refractivity contribution in [1.29, 1.82) is 0 Å². The van der Waals surface area contributed by atoms with Crippen molar-refractivity contribution in [3.8, 4) is 17.0 Å². The predicted molar refractivity (Wildman–Crippen MR) is 149 cm³/mol. The molecular formula is C32H32FN3O3. The normalized spacial score (nSPS) is 18.8. The fourth-order valence-corrected chi connectivity index (χ4v) is 5.90. The van der Waals surface area contributed by atoms with E-state index in [2.05, 4.69) is 37.3 Å². The van der Waals surface area contributed by atoms with Crippen LogP contribution in [0.4, 0.5) is 4.39 Å². The lowest BCUT2D eigenvalue weighted by atomic mass is 9.89. The van der Waals surface area contributed by atoms with Gasteiger partial charge in [0.25, 0.3) is 0 Å². The number of hydrogen-bond donors (Lipinski definition) is 1. The molecule has 1 unspecified atom stereocenters. The number of aromatic nitrogens is 3. The number of carboxylic acid groups (broad SMARTS) is 1. The highest BCUT2D eigenvalue weighted by Gasteiger charge is 2.26. The first-order valence-electron chi connectivity index (χ1n) is 13.7. The number of benzene rings is 1. The van der Waals surface area contributed by atoms with Crippen molar-refractivity contribution in [2.24, 2.45) is 5.92 Å². The predicted octanol–water partition coefficient (Wildman–Crippen LogP) is 6.73. The van der Waals surface area contributed by atoms with Gasteiger partial charge in [-0.2, -0.15) is 5.10 Å². The first kappa shape index (κ1) is 25.3. The number of hydrogen-bond acceptors (Lipinski definition) is 4. The standard InChI is InChI=1S/C32H32FN3O3/c1-18-9-11-21(12-10-18)22-6-4-7-23(14-22)28-17-29-34-20(3)26(16-30(37)38)31(36(29)35-28)25-15-27(33)32-24(19(25)2)8-5-13-39-32/h6,9,11-12,14-15,17-18H,4-5,7-8,10,13,16H2,1-3H3,(H,37,38). The summed E-state index contributed by atoms with van der Waals surface area (Å²) in [6.45, 7) is 6.47. The largest absolute Gasteiger partial charge is 0.490 e. The smallest absolute Gasteiger partial charge is 0.307 e. The zero-order valence-corrected chi connectivity index (χ0v) is 22.6. The molecule has 7 heteroatoms. The highest BCUT2D eigenvalue weighted by molar-refractivity contribution is 5.80. The van der Waals surface area contributed by atoms with E-state index in [0.717, 1.165) is 48.1 Å². The van der Waals surface area contributed by atoms with Gasteiger partial charge in [-0.25, -0.2) is 13.9 Å². The topological polar surface area (TPSA) is 76.7 Å². The Kier molecular flexibility index (Phi) is 6.45. The van der Waals surface area contributed by atoms with E-state index in [1.165, 1.54) is 17.2 Å². The quantitative estimate of drug-likeness (QED) is 0.400. The molecule has 0 amide bonds. The molecule has 200 valence electrons. The average molecular weight is 526 g/mol. The Labute approximate surface area is 227 Å². The van der Waals surface area contributed by atoms with Crippen LogP contribution in [0.1, 0.15) is 60.7 Å². The van der Waals surface area contributed by atoms with Crippen molar-refractivity contribution in [3.63, 3.8) is 0 Å². The maximum Gasteiger partial charge on any atom is 0.307 e. The summed E-state index contributed by atoms with van der Waals surface area (Å²) >= 11 is 0. The lowest BCUT2D eigenvalue weighted by Gasteiger charge is -2.23. The number of carbonyl (C=O) groups is 1. The fourth-order valence-electron chi connectivity index (χ4n) is 5.90. The molecule has 0 bridgehead atoms. The Bertz CT molecular complexity index is 1640. The zero-order chi connectivity index (χ0) is 27.3. The van der Waals surface area contributed by atoms with Crippen molar-refractivity contribution in [1.82, 2.24) is 14.6 Å². The molecule has 0 fully saturated rings. The summed E-state index contributed by atoms with van der Waals surface area (Å²) in [5, 5.41) is 14.7. The fraction of sp³-hybridized carbons (Fsp3) is 0.344. The first-order valence-corrected chi connectivity index (χ1v) is 13.7. The third-order valence-electron chi connectivity index (χ3n) is 8.01. The third-order valence-corrected chi connectivity index (χ3v) is 8.01. The lowest BCUT2D eigenvalue weighted by Crippen LogP contribution is -2.14. The molecule has 6 rings (SSSR count). The Balaban J connectivity index is 1.52. The van der Waals surface area contributed by atoms with Gasteiger partial charge in [0.1, 0.15) is 0 Å². The summed E-state index contributed by atoms with van der Waals surface area (Å²) in [7, 11) is 0. The number of aliphatic carboxylic acids is 1. The van der Waals surface area contributed by atoms with Gasteiger partial charge in [0.15, 0.2) is 17.2 Å². The summed E-state index contributed by atoms with van der Waals surface area (Å²) in [5.41, 5.74) is 9.01. The van der Waals surface area contributed by atoms with E-state index in [9.17, 15) is 9.90 Å². The number of halogens is 1. The van der Waals surface area contributed by atoms with Crippen LogP contribution in [0.3, 0.4) is 0 Å². The van der Waals surface area contributed by atoms with Crippen molar-refractivity contribution in [2.75, 3.05) is 6.61 Å². The molecule has 6 nitrogen and oxygen atoms in total. The molecule has 0 radical (unpaired) electrons. The van der Waals surface area contributed by atoms with Gasteiger partial charge >= 0.3 is 5.97 Å². The van der Waals surface area contributed by atoms with Crippen molar-refractivity contribution in [2.45, 2.75) is 59.3 Å². The lowest BCUT2D eigenvalue weighted by molar-refractivity contribution is -0.136. The molecule has 39 heavy (non-hydrogen) atoms. The molecule has 3 aliphatic rings. The van der Waals surface area contributed by atoms with Crippen LogP contribution in [0.5, 0.6) is 5.75 Å². The SMILES string of the molecule is Cc1nc2cc(C3=CC(C4=CCC(C)C=C4)=CCC3)nn2c(-c2cc(F)c3c(c2C)CCCO3)c1CC(=O)O. The second-order valence-electron chi connectivity index (χ2n) is 10.8. The minimum atomic E-state index is -0.972. The van der Waals surface area contributed by atoms with Crippen molar-refractivity contribution >= 4 is 17.2 Å². The van der Waals surface area contributed by atoms with E-state index in [1.807, 2.05) is 19.9 Å². The van der Waals surface area contributed by atoms with E-state index in [-0.39, 0.29) is 6.42 Å². The van der Waals surface area contributed by atoms with Crippen LogP contribution >= 0.6 is 0 Å². The van der Waals surface area contributed by atoms with E-state index in [1.54, 1.807) is 4.52 Å². The molecule has 0 spiro atoms. The molecular weight excluding hydrogens is 493 g/mol. The van der Waals surface area contributed by atoms with Gasteiger partial charge in [-0.1, -0.05) is 31.2 Å². The number of fused-ring (bicyclic) bond motifs is 2. The van der Waals surface area contributed by atoms with Gasteiger partial charge in [-0.05, 0) is 86.3 Å². The van der Waals surface area contributed by atoms with Gasteiger partial charge in [-0.15, -0.1) is 0 Å². The molecule has 3 heterocycles. The summed E-state index contributed by atoms with van der Waals surface area (Å²) in [4.78, 5) is 16.6. The number of aryl methyl sites for hydroxylation is 1. The maximum absolute atomic E-state index is 15.3. The molecule has 1 N–H and O–H groups in total. The number of rotatable bonds is 5. The highest BCUT2D eigenvalue weighted by atomic mass is 19.1. The highest BCUT2D eigenvalue weighted by Crippen LogP contribution is 2.40. The van der Waals surface area contributed by atoms with Gasteiger partial charge in [0.05, 0.1) is 24.4 Å². The van der Waals surface area contributed by atoms with Crippen LogP contribution in [-0.2, 0) is 17.6 Å². The summed E-state index contributed by atoms with van der Waals surface area (Å²) in [6.07, 6.45) is 15.3. The van der Waals surface area contributed by atoms with Crippen LogP contribution in [0, 0.1) is 25.6 Å². The van der Waals surface area contributed by atoms with E-state index < -0.39 is 11.8 Å². The number of allylic oxidation sites excluding steroid dienone is 8. The average Bonchev–Trinajstić information content (AvgIpc) is 3.35.